The minimum Gasteiger partial charge on any atom is -0.319 e. The summed E-state index contributed by atoms with van der Waals surface area (Å²) in [6, 6.07) is 0. The third-order valence-electron chi connectivity index (χ3n) is 3.00. The van der Waals surface area contributed by atoms with Crippen molar-refractivity contribution in [1.82, 2.24) is 10.3 Å². The fourth-order valence-electron chi connectivity index (χ4n) is 1.82. The summed E-state index contributed by atoms with van der Waals surface area (Å²) in [5.41, 5.74) is 3.17. The summed E-state index contributed by atoms with van der Waals surface area (Å²) in [7, 11) is 2.04. The summed E-state index contributed by atoms with van der Waals surface area (Å²) in [5.74, 6) is 1.53. The van der Waals surface area contributed by atoms with Crippen molar-refractivity contribution in [2.24, 2.45) is 11.8 Å². The molecule has 0 aliphatic carbocycles. The van der Waals surface area contributed by atoms with Crippen molar-refractivity contribution in [2.45, 2.75) is 33.6 Å². The van der Waals surface area contributed by atoms with Crippen LogP contribution < -0.4 is 5.32 Å². The zero-order valence-electron chi connectivity index (χ0n) is 10.2. The summed E-state index contributed by atoms with van der Waals surface area (Å²) in [6.45, 7) is 7.84. The summed E-state index contributed by atoms with van der Waals surface area (Å²) in [6.07, 6.45) is 2.45. The third-order valence-corrected chi connectivity index (χ3v) is 3.99. The van der Waals surface area contributed by atoms with Gasteiger partial charge in [-0.15, -0.1) is 11.3 Å². The van der Waals surface area contributed by atoms with Crippen LogP contribution in [0.3, 0.4) is 0 Å². The molecule has 1 unspecified atom stereocenters. The Balaban J connectivity index is 2.43. The van der Waals surface area contributed by atoms with E-state index in [4.69, 9.17) is 0 Å². The van der Waals surface area contributed by atoms with Crippen LogP contribution in [0.2, 0.25) is 0 Å². The monoisotopic (exact) mass is 226 g/mol. The maximum Gasteiger partial charge on any atom is 0.0797 e. The first-order valence-corrected chi connectivity index (χ1v) is 6.56. The lowest BCUT2D eigenvalue weighted by atomic mass is 9.91. The molecule has 0 aromatic carbocycles. The second-order valence-electron chi connectivity index (χ2n) is 4.46. The lowest BCUT2D eigenvalue weighted by Crippen LogP contribution is -2.23. The molecule has 0 saturated heterocycles. The Hall–Kier alpha value is -0.410. The molecule has 1 atom stereocenters. The number of aromatic nitrogens is 1. The van der Waals surface area contributed by atoms with Gasteiger partial charge in [0.15, 0.2) is 0 Å². The van der Waals surface area contributed by atoms with Crippen molar-refractivity contribution in [1.29, 1.82) is 0 Å². The van der Waals surface area contributed by atoms with Crippen molar-refractivity contribution < 1.29 is 0 Å². The molecule has 1 rings (SSSR count). The highest BCUT2D eigenvalue weighted by molar-refractivity contribution is 7.09. The number of aryl methyl sites for hydroxylation is 2. The van der Waals surface area contributed by atoms with Crippen LogP contribution in [0.5, 0.6) is 0 Å². The average molecular weight is 226 g/mol. The number of nitrogens with zero attached hydrogens (tertiary/aromatic N) is 1. The molecule has 86 valence electrons. The van der Waals surface area contributed by atoms with Crippen LogP contribution in [0.25, 0.3) is 0 Å². The quantitative estimate of drug-likeness (QED) is 0.807. The average Bonchev–Trinajstić information content (AvgIpc) is 2.58. The maximum atomic E-state index is 4.29. The van der Waals surface area contributed by atoms with Gasteiger partial charge in [-0.05, 0) is 45.2 Å². The zero-order chi connectivity index (χ0) is 11.3. The van der Waals surface area contributed by atoms with E-state index in [0.29, 0.717) is 0 Å². The Kier molecular flexibility index (Phi) is 5.26. The van der Waals surface area contributed by atoms with E-state index in [2.05, 4.69) is 31.1 Å². The smallest absolute Gasteiger partial charge is 0.0797 e. The van der Waals surface area contributed by atoms with E-state index in [1.807, 2.05) is 12.6 Å². The molecule has 2 nitrogen and oxygen atoms in total. The summed E-state index contributed by atoms with van der Waals surface area (Å²) < 4.78 is 0. The first-order chi connectivity index (χ1) is 7.15. The van der Waals surface area contributed by atoms with Crippen LogP contribution in [0.1, 0.15) is 30.8 Å². The second kappa shape index (κ2) is 6.23. The molecular formula is C12H22N2S. The van der Waals surface area contributed by atoms with Gasteiger partial charge in [-0.25, -0.2) is 4.98 Å². The van der Waals surface area contributed by atoms with Gasteiger partial charge < -0.3 is 5.32 Å². The number of thiazole rings is 1. The highest BCUT2D eigenvalue weighted by Crippen LogP contribution is 2.21. The highest BCUT2D eigenvalue weighted by Gasteiger charge is 2.13. The minimum atomic E-state index is 0.755. The Bertz CT molecular complexity index is 281. The second-order valence-corrected chi connectivity index (χ2v) is 5.40. The predicted octanol–water partition coefficient (Wildman–Crippen LogP) is 2.88. The molecule has 1 N–H and O–H groups in total. The maximum absolute atomic E-state index is 4.29. The van der Waals surface area contributed by atoms with Gasteiger partial charge in [-0.1, -0.05) is 13.8 Å². The third kappa shape index (κ3) is 3.92. The van der Waals surface area contributed by atoms with Gasteiger partial charge in [0.2, 0.25) is 0 Å². The van der Waals surface area contributed by atoms with Crippen LogP contribution in [0.4, 0.5) is 0 Å². The minimum absolute atomic E-state index is 0.755. The van der Waals surface area contributed by atoms with Gasteiger partial charge in [0.1, 0.15) is 0 Å². The summed E-state index contributed by atoms with van der Waals surface area (Å²) in [5, 5.41) is 3.28. The van der Waals surface area contributed by atoms with Gasteiger partial charge >= 0.3 is 0 Å². The van der Waals surface area contributed by atoms with Gasteiger partial charge in [0, 0.05) is 4.88 Å². The number of nitrogens with one attached hydrogen (secondary N) is 1. The van der Waals surface area contributed by atoms with E-state index in [1.165, 1.54) is 23.4 Å². The zero-order valence-corrected chi connectivity index (χ0v) is 11.0. The van der Waals surface area contributed by atoms with Gasteiger partial charge in [0.05, 0.1) is 11.2 Å². The van der Waals surface area contributed by atoms with E-state index in [1.54, 1.807) is 11.3 Å². The first kappa shape index (κ1) is 12.7. The summed E-state index contributed by atoms with van der Waals surface area (Å²) in [4.78, 5) is 5.74. The summed E-state index contributed by atoms with van der Waals surface area (Å²) >= 11 is 1.79. The van der Waals surface area contributed by atoms with E-state index in [0.717, 1.165) is 18.4 Å². The van der Waals surface area contributed by atoms with E-state index in [-0.39, 0.29) is 0 Å². The molecule has 1 heterocycles. The number of hydrogen-bond acceptors (Lipinski definition) is 3. The van der Waals surface area contributed by atoms with Crippen molar-refractivity contribution in [3.63, 3.8) is 0 Å². The van der Waals surface area contributed by atoms with Crippen molar-refractivity contribution in [2.75, 3.05) is 13.6 Å². The van der Waals surface area contributed by atoms with Gasteiger partial charge in [-0.3, -0.25) is 0 Å². The van der Waals surface area contributed by atoms with Gasteiger partial charge in [-0.2, -0.15) is 0 Å². The van der Waals surface area contributed by atoms with Crippen LogP contribution in [-0.2, 0) is 6.42 Å². The van der Waals surface area contributed by atoms with Crippen LogP contribution >= 0.6 is 11.3 Å². The fraction of sp³-hybridized carbons (Fsp3) is 0.750. The predicted molar refractivity (Wildman–Crippen MR) is 67.4 cm³/mol. The normalized spacial score (nSPS) is 13.4. The molecule has 1 aromatic heterocycles. The van der Waals surface area contributed by atoms with Crippen LogP contribution in [0.15, 0.2) is 5.51 Å². The Labute approximate surface area is 97.1 Å². The topological polar surface area (TPSA) is 24.9 Å². The Morgan fingerprint density at radius 3 is 2.67 bits per heavy atom. The first-order valence-electron chi connectivity index (χ1n) is 5.68. The molecule has 0 fully saturated rings. The van der Waals surface area contributed by atoms with Crippen molar-refractivity contribution in [3.8, 4) is 0 Å². The van der Waals surface area contributed by atoms with Crippen molar-refractivity contribution >= 4 is 11.3 Å². The highest BCUT2D eigenvalue weighted by atomic mass is 32.1. The number of hydrogen-bond donors (Lipinski definition) is 1. The Morgan fingerprint density at radius 2 is 2.20 bits per heavy atom. The molecule has 0 aliphatic heterocycles. The molecule has 3 heteroatoms. The number of rotatable bonds is 6. The molecule has 0 aliphatic rings. The molecule has 15 heavy (non-hydrogen) atoms. The largest absolute Gasteiger partial charge is 0.319 e. The molecule has 0 bridgehead atoms. The molecule has 0 radical (unpaired) electrons. The molecule has 0 saturated carbocycles. The van der Waals surface area contributed by atoms with Crippen LogP contribution in [-0.4, -0.2) is 18.6 Å². The van der Waals surface area contributed by atoms with Gasteiger partial charge in [0.25, 0.3) is 0 Å². The molecular weight excluding hydrogens is 204 g/mol. The Morgan fingerprint density at radius 1 is 1.47 bits per heavy atom. The van der Waals surface area contributed by atoms with E-state index in [9.17, 15) is 0 Å². The molecule has 0 spiro atoms. The molecule has 1 aromatic rings. The van der Waals surface area contributed by atoms with Crippen LogP contribution in [0, 0.1) is 18.8 Å². The lowest BCUT2D eigenvalue weighted by molar-refractivity contribution is 0.350. The van der Waals surface area contributed by atoms with Crippen molar-refractivity contribution in [3.05, 3.63) is 16.1 Å². The van der Waals surface area contributed by atoms with E-state index < -0.39 is 0 Å². The molecule has 0 amide bonds. The fourth-order valence-corrected chi connectivity index (χ4v) is 2.61. The standard InChI is InChI=1S/C12H22N2S/c1-9(2)11(7-13-4)5-6-12-10(3)14-8-15-12/h8-9,11,13H,5-7H2,1-4H3. The SMILES string of the molecule is CNCC(CCc1scnc1C)C(C)C. The van der Waals surface area contributed by atoms with E-state index >= 15 is 0 Å². The lowest BCUT2D eigenvalue weighted by Gasteiger charge is -2.20.